The maximum atomic E-state index is 9.19. The van der Waals surface area contributed by atoms with E-state index in [0.717, 1.165) is 5.92 Å². The minimum atomic E-state index is -3.67. The molecule has 0 aromatic heterocycles. The zero-order valence-corrected chi connectivity index (χ0v) is 15.7. The van der Waals surface area contributed by atoms with E-state index in [1.165, 1.54) is 83.8 Å². The van der Waals surface area contributed by atoms with Gasteiger partial charge in [0.1, 0.15) is 0 Å². The fraction of sp³-hybridized carbons (Fsp3) is 1.00. The lowest BCUT2D eigenvalue weighted by Crippen LogP contribution is -2.34. The third-order valence-electron chi connectivity index (χ3n) is 4.36. The van der Waals surface area contributed by atoms with Crippen LogP contribution >= 0.6 is 0 Å². The summed E-state index contributed by atoms with van der Waals surface area (Å²) in [5.41, 5.74) is 0. The zero-order valence-electron chi connectivity index (χ0n) is 14.9. The molecule has 1 heterocycles. The van der Waals surface area contributed by atoms with Crippen LogP contribution in [0.15, 0.2) is 0 Å². The Kier molecular flexibility index (Phi) is 13.2. The monoisotopic (exact) mass is 335 g/mol. The summed E-state index contributed by atoms with van der Waals surface area (Å²) in [5.74, 6) is 1.03. The normalized spacial score (nSPS) is 17.1. The van der Waals surface area contributed by atoms with E-state index in [2.05, 4.69) is 18.7 Å². The van der Waals surface area contributed by atoms with Crippen molar-refractivity contribution in [1.29, 1.82) is 0 Å². The molecule has 1 N–H and O–H groups in total. The predicted molar refractivity (Wildman–Crippen MR) is 94.9 cm³/mol. The summed E-state index contributed by atoms with van der Waals surface area (Å²) in [7, 11) is -3.67. The van der Waals surface area contributed by atoms with Gasteiger partial charge in [-0.25, -0.2) is 0 Å². The zero-order chi connectivity index (χ0) is 16.8. The second kappa shape index (κ2) is 13.3. The summed E-state index contributed by atoms with van der Waals surface area (Å²) in [4.78, 5) is 2.69. The van der Waals surface area contributed by atoms with Crippen LogP contribution in [-0.4, -0.2) is 43.8 Å². The van der Waals surface area contributed by atoms with Gasteiger partial charge in [0.15, 0.2) is 0 Å². The molecule has 1 rings (SSSR count). The largest absolute Gasteiger partial charge is 0.303 e. The maximum absolute atomic E-state index is 9.19. The van der Waals surface area contributed by atoms with Gasteiger partial charge in [-0.3, -0.25) is 4.55 Å². The van der Waals surface area contributed by atoms with E-state index in [9.17, 15) is 8.42 Å². The molecule has 0 unspecified atom stereocenters. The van der Waals surface area contributed by atoms with Crippen molar-refractivity contribution >= 4 is 10.1 Å². The molecule has 0 aromatic carbocycles. The molecule has 0 amide bonds. The van der Waals surface area contributed by atoms with Gasteiger partial charge in [-0.15, -0.1) is 0 Å². The van der Waals surface area contributed by atoms with Crippen molar-refractivity contribution in [3.63, 3.8) is 0 Å². The molecule has 0 spiro atoms. The molecule has 0 bridgehead atoms. The molecule has 0 aliphatic carbocycles. The molecule has 1 aliphatic heterocycles. The Morgan fingerprint density at radius 3 is 1.86 bits per heavy atom. The Bertz CT molecular complexity index is 328. The van der Waals surface area contributed by atoms with Crippen LogP contribution in [0.5, 0.6) is 0 Å². The highest BCUT2D eigenvalue weighted by atomic mass is 32.2. The number of piperidine rings is 1. The molecule has 1 fully saturated rings. The molecule has 0 aromatic rings. The fourth-order valence-electron chi connectivity index (χ4n) is 2.91. The Labute approximate surface area is 138 Å². The molecule has 1 aliphatic rings. The van der Waals surface area contributed by atoms with Crippen molar-refractivity contribution in [3.8, 4) is 0 Å². The fourth-order valence-corrected chi connectivity index (χ4v) is 2.91. The number of likely N-dealkylation sites (tertiary alicyclic amines) is 1. The van der Waals surface area contributed by atoms with Crippen molar-refractivity contribution in [3.05, 3.63) is 0 Å². The minimum absolute atomic E-state index is 0.715. The lowest BCUT2D eigenvalue weighted by molar-refractivity contribution is 0.179. The second-order valence-electron chi connectivity index (χ2n) is 6.55. The van der Waals surface area contributed by atoms with Crippen molar-refractivity contribution in [2.45, 2.75) is 78.1 Å². The molecule has 4 nitrogen and oxygen atoms in total. The van der Waals surface area contributed by atoms with Crippen LogP contribution in [0.2, 0.25) is 0 Å². The summed E-state index contributed by atoms with van der Waals surface area (Å²) in [6.07, 6.45) is 15.1. The summed E-state index contributed by atoms with van der Waals surface area (Å²) < 4.78 is 25.9. The van der Waals surface area contributed by atoms with Gasteiger partial charge in [-0.1, -0.05) is 58.8 Å². The van der Waals surface area contributed by atoms with Crippen molar-refractivity contribution in [2.24, 2.45) is 5.92 Å². The van der Waals surface area contributed by atoms with Gasteiger partial charge in [0.25, 0.3) is 10.1 Å². The van der Waals surface area contributed by atoms with Crippen molar-refractivity contribution < 1.29 is 13.0 Å². The van der Waals surface area contributed by atoms with Crippen LogP contribution in [0.3, 0.4) is 0 Å². The van der Waals surface area contributed by atoms with Crippen LogP contribution in [0.4, 0.5) is 0 Å². The number of unbranched alkanes of at least 4 members (excludes halogenated alkanes) is 6. The first-order valence-corrected chi connectivity index (χ1v) is 10.9. The first-order chi connectivity index (χ1) is 10.4. The van der Waals surface area contributed by atoms with Crippen LogP contribution in [-0.2, 0) is 10.1 Å². The molecule has 0 atom stereocenters. The van der Waals surface area contributed by atoms with E-state index in [4.69, 9.17) is 4.55 Å². The average molecular weight is 336 g/mol. The summed E-state index contributed by atoms with van der Waals surface area (Å²) in [6.45, 7) is 8.74. The van der Waals surface area contributed by atoms with Crippen molar-refractivity contribution in [1.82, 2.24) is 4.90 Å². The van der Waals surface area contributed by atoms with Crippen LogP contribution in [0, 0.1) is 5.92 Å². The third-order valence-corrected chi connectivity index (χ3v) is 4.36. The van der Waals surface area contributed by atoms with Crippen LogP contribution < -0.4 is 0 Å². The van der Waals surface area contributed by atoms with E-state index in [1.54, 1.807) is 0 Å². The summed E-state index contributed by atoms with van der Waals surface area (Å²) in [6, 6.07) is 0. The highest BCUT2D eigenvalue weighted by Gasteiger charge is 2.16. The van der Waals surface area contributed by atoms with Gasteiger partial charge in [0.05, 0.1) is 6.26 Å². The summed E-state index contributed by atoms with van der Waals surface area (Å²) in [5, 5.41) is 0. The first-order valence-electron chi connectivity index (χ1n) is 9.01. The molecule has 5 heteroatoms. The number of hydrogen-bond acceptors (Lipinski definition) is 3. The molecule has 0 radical (unpaired) electrons. The molecule has 1 saturated heterocycles. The third kappa shape index (κ3) is 16.2. The van der Waals surface area contributed by atoms with E-state index in [1.807, 2.05) is 0 Å². The maximum Gasteiger partial charge on any atom is 0.261 e. The van der Waals surface area contributed by atoms with E-state index < -0.39 is 10.1 Å². The SMILES string of the molecule is CCCCCCCCCN1CCC(CC)CC1.CS(=O)(=O)O. The van der Waals surface area contributed by atoms with Gasteiger partial charge in [-0.2, -0.15) is 8.42 Å². The Hall–Kier alpha value is -0.130. The van der Waals surface area contributed by atoms with Crippen LogP contribution in [0.25, 0.3) is 0 Å². The van der Waals surface area contributed by atoms with Gasteiger partial charge < -0.3 is 4.90 Å². The molecule has 0 saturated carbocycles. The number of nitrogens with zero attached hydrogens (tertiary/aromatic N) is 1. The predicted octanol–water partition coefficient (Wildman–Crippen LogP) is 4.36. The van der Waals surface area contributed by atoms with Gasteiger partial charge >= 0.3 is 0 Å². The second-order valence-corrected chi connectivity index (χ2v) is 8.01. The topological polar surface area (TPSA) is 57.6 Å². The lowest BCUT2D eigenvalue weighted by Gasteiger charge is -2.31. The van der Waals surface area contributed by atoms with E-state index >= 15 is 0 Å². The molecule has 134 valence electrons. The number of rotatable bonds is 9. The number of hydrogen-bond donors (Lipinski definition) is 1. The highest BCUT2D eigenvalue weighted by molar-refractivity contribution is 7.85. The Morgan fingerprint density at radius 1 is 0.955 bits per heavy atom. The Morgan fingerprint density at radius 2 is 1.41 bits per heavy atom. The lowest BCUT2D eigenvalue weighted by atomic mass is 9.94. The van der Waals surface area contributed by atoms with Crippen molar-refractivity contribution in [2.75, 3.05) is 25.9 Å². The molecular formula is C17H37NO3S. The Balaban J connectivity index is 0.000000763. The molecular weight excluding hydrogens is 298 g/mol. The van der Waals surface area contributed by atoms with Gasteiger partial charge in [0.2, 0.25) is 0 Å². The van der Waals surface area contributed by atoms with E-state index in [0.29, 0.717) is 6.26 Å². The standard InChI is InChI=1S/C16H33N.CH4O3S/c1-3-5-6-7-8-9-10-13-17-14-11-16(4-2)12-15-17;1-5(2,3)4/h16H,3-15H2,1-2H3;1H3,(H,2,3,4). The van der Waals surface area contributed by atoms with Crippen LogP contribution in [0.1, 0.15) is 78.1 Å². The van der Waals surface area contributed by atoms with Gasteiger partial charge in [-0.05, 0) is 44.8 Å². The summed E-state index contributed by atoms with van der Waals surface area (Å²) >= 11 is 0. The smallest absolute Gasteiger partial charge is 0.261 e. The quantitative estimate of drug-likeness (QED) is 0.502. The van der Waals surface area contributed by atoms with E-state index in [-0.39, 0.29) is 0 Å². The van der Waals surface area contributed by atoms with Gasteiger partial charge in [0, 0.05) is 0 Å². The highest BCUT2D eigenvalue weighted by Crippen LogP contribution is 2.20. The molecule has 22 heavy (non-hydrogen) atoms. The first kappa shape index (κ1) is 21.9. The minimum Gasteiger partial charge on any atom is -0.303 e. The average Bonchev–Trinajstić information content (AvgIpc) is 2.45.